The Labute approximate surface area is 104 Å². The van der Waals surface area contributed by atoms with Crippen LogP contribution in [0.4, 0.5) is 0 Å². The van der Waals surface area contributed by atoms with Gasteiger partial charge in [-0.2, -0.15) is 0 Å². The van der Waals surface area contributed by atoms with Gasteiger partial charge in [0.2, 0.25) is 0 Å². The molecule has 0 saturated heterocycles. The highest BCUT2D eigenvalue weighted by atomic mass is 32.2. The van der Waals surface area contributed by atoms with Crippen LogP contribution in [0.1, 0.15) is 5.56 Å². The van der Waals surface area contributed by atoms with Gasteiger partial charge in [-0.05, 0) is 24.3 Å². The molecule has 1 aromatic carbocycles. The summed E-state index contributed by atoms with van der Waals surface area (Å²) in [6.07, 6.45) is 0. The number of ether oxygens (including phenoxy) is 2. The minimum Gasteiger partial charge on any atom is -0.497 e. The van der Waals surface area contributed by atoms with E-state index in [0.29, 0.717) is 5.75 Å². The number of carbonyl (C=O) groups is 1. The molecule has 1 aliphatic rings. The number of hydrogen-bond donors (Lipinski definition) is 0. The molecule has 0 aliphatic carbocycles. The van der Waals surface area contributed by atoms with Crippen molar-refractivity contribution in [2.75, 3.05) is 20.0 Å². The zero-order valence-corrected chi connectivity index (χ0v) is 10.5. The molecule has 17 heavy (non-hydrogen) atoms. The van der Waals surface area contributed by atoms with E-state index >= 15 is 0 Å². The number of esters is 1. The Balaban J connectivity index is 2.15. The van der Waals surface area contributed by atoms with Crippen molar-refractivity contribution in [2.24, 2.45) is 4.99 Å². The van der Waals surface area contributed by atoms with Crippen LogP contribution in [0.3, 0.4) is 0 Å². The maximum Gasteiger partial charge on any atom is 0.331 e. The van der Waals surface area contributed by atoms with E-state index in [1.54, 1.807) is 18.9 Å². The minimum atomic E-state index is -0.373. The second-order valence-corrected chi connectivity index (χ2v) is 4.52. The van der Waals surface area contributed by atoms with Gasteiger partial charge in [0, 0.05) is 11.3 Å². The quantitative estimate of drug-likeness (QED) is 0.768. The molecule has 1 aliphatic heterocycles. The Hall–Kier alpha value is -1.49. The molecule has 1 atom stereocenters. The van der Waals surface area contributed by atoms with Crippen molar-refractivity contribution in [2.45, 2.75) is 6.04 Å². The highest BCUT2D eigenvalue weighted by molar-refractivity contribution is 8.14. The monoisotopic (exact) mass is 251 g/mol. The molecule has 0 N–H and O–H groups in total. The summed E-state index contributed by atoms with van der Waals surface area (Å²) >= 11 is 1.57. The highest BCUT2D eigenvalue weighted by Gasteiger charge is 2.26. The van der Waals surface area contributed by atoms with E-state index in [0.717, 1.165) is 16.4 Å². The average molecular weight is 251 g/mol. The van der Waals surface area contributed by atoms with Gasteiger partial charge in [0.15, 0.2) is 6.04 Å². The molecule has 1 heterocycles. The van der Waals surface area contributed by atoms with Gasteiger partial charge in [-0.1, -0.05) is 0 Å². The van der Waals surface area contributed by atoms with Crippen LogP contribution in [0.2, 0.25) is 0 Å². The van der Waals surface area contributed by atoms with Crippen LogP contribution in [-0.2, 0) is 9.53 Å². The molecule has 2 rings (SSSR count). The lowest BCUT2D eigenvalue weighted by molar-refractivity contribution is -0.141. The Morgan fingerprint density at radius 1 is 1.35 bits per heavy atom. The largest absolute Gasteiger partial charge is 0.497 e. The molecular weight excluding hydrogens is 238 g/mol. The topological polar surface area (TPSA) is 47.9 Å². The summed E-state index contributed by atoms with van der Waals surface area (Å²) < 4.78 is 9.76. The molecule has 0 aromatic heterocycles. The van der Waals surface area contributed by atoms with Crippen LogP contribution in [0.25, 0.3) is 0 Å². The molecule has 90 valence electrons. The first kappa shape index (κ1) is 12.0. The Kier molecular flexibility index (Phi) is 3.68. The van der Waals surface area contributed by atoms with E-state index in [-0.39, 0.29) is 12.0 Å². The number of benzene rings is 1. The molecule has 4 nitrogen and oxygen atoms in total. The molecule has 1 unspecified atom stereocenters. The Bertz CT molecular complexity index is 442. The Morgan fingerprint density at radius 2 is 2.06 bits per heavy atom. The van der Waals surface area contributed by atoms with Crippen molar-refractivity contribution >= 4 is 22.8 Å². The summed E-state index contributed by atoms with van der Waals surface area (Å²) in [5.41, 5.74) is 1.00. The summed E-state index contributed by atoms with van der Waals surface area (Å²) in [6.45, 7) is 0. The summed E-state index contributed by atoms with van der Waals surface area (Å²) in [5.74, 6) is 1.18. The van der Waals surface area contributed by atoms with Crippen LogP contribution in [-0.4, -0.2) is 37.0 Å². The van der Waals surface area contributed by atoms with Gasteiger partial charge >= 0.3 is 5.97 Å². The molecule has 0 saturated carbocycles. The molecule has 0 amide bonds. The molecule has 0 spiro atoms. The third kappa shape index (κ3) is 2.61. The van der Waals surface area contributed by atoms with Crippen LogP contribution >= 0.6 is 11.8 Å². The van der Waals surface area contributed by atoms with Gasteiger partial charge in [0.25, 0.3) is 0 Å². The van der Waals surface area contributed by atoms with E-state index in [4.69, 9.17) is 4.74 Å². The molecular formula is C12H13NO3S. The second-order valence-electron chi connectivity index (χ2n) is 3.51. The SMILES string of the molecule is COC(=O)C1CSC(c2ccc(OC)cc2)=N1. The number of rotatable bonds is 3. The van der Waals surface area contributed by atoms with Gasteiger partial charge in [0.05, 0.1) is 19.3 Å². The number of hydrogen-bond acceptors (Lipinski definition) is 5. The summed E-state index contributed by atoms with van der Waals surface area (Å²) in [5, 5.41) is 0.878. The fraction of sp³-hybridized carbons (Fsp3) is 0.333. The van der Waals surface area contributed by atoms with Gasteiger partial charge < -0.3 is 9.47 Å². The third-order valence-electron chi connectivity index (χ3n) is 2.46. The van der Waals surface area contributed by atoms with E-state index < -0.39 is 0 Å². The number of carbonyl (C=O) groups excluding carboxylic acids is 1. The average Bonchev–Trinajstić information content (AvgIpc) is 2.87. The fourth-order valence-electron chi connectivity index (χ4n) is 1.52. The lowest BCUT2D eigenvalue weighted by atomic mass is 10.2. The molecule has 0 radical (unpaired) electrons. The van der Waals surface area contributed by atoms with Crippen molar-refractivity contribution in [3.8, 4) is 5.75 Å². The number of thioether (sulfide) groups is 1. The summed E-state index contributed by atoms with van der Waals surface area (Å²) in [4.78, 5) is 15.7. The maximum absolute atomic E-state index is 11.3. The van der Waals surface area contributed by atoms with Crippen molar-refractivity contribution in [3.63, 3.8) is 0 Å². The number of nitrogens with zero attached hydrogens (tertiary/aromatic N) is 1. The predicted molar refractivity (Wildman–Crippen MR) is 67.8 cm³/mol. The van der Waals surface area contributed by atoms with Crippen LogP contribution < -0.4 is 4.74 Å². The highest BCUT2D eigenvalue weighted by Crippen LogP contribution is 2.25. The first-order chi connectivity index (χ1) is 8.24. The predicted octanol–water partition coefficient (Wildman–Crippen LogP) is 1.73. The van der Waals surface area contributed by atoms with E-state index in [1.807, 2.05) is 24.3 Å². The number of methoxy groups -OCH3 is 2. The normalized spacial score (nSPS) is 18.7. The van der Waals surface area contributed by atoms with Crippen molar-refractivity contribution in [3.05, 3.63) is 29.8 Å². The molecule has 1 aromatic rings. The van der Waals surface area contributed by atoms with Gasteiger partial charge in [-0.25, -0.2) is 4.79 Å². The Morgan fingerprint density at radius 3 is 2.65 bits per heavy atom. The smallest absolute Gasteiger partial charge is 0.331 e. The first-order valence-corrected chi connectivity index (χ1v) is 6.16. The lowest BCUT2D eigenvalue weighted by Crippen LogP contribution is -2.19. The van der Waals surface area contributed by atoms with Gasteiger partial charge in [0.1, 0.15) is 5.75 Å². The van der Waals surface area contributed by atoms with E-state index in [9.17, 15) is 4.79 Å². The van der Waals surface area contributed by atoms with Crippen molar-refractivity contribution in [1.82, 2.24) is 0 Å². The van der Waals surface area contributed by atoms with E-state index in [2.05, 4.69) is 9.73 Å². The summed E-state index contributed by atoms with van der Waals surface area (Å²) in [6, 6.07) is 7.25. The lowest BCUT2D eigenvalue weighted by Gasteiger charge is -2.02. The standard InChI is InChI=1S/C12H13NO3S/c1-15-9-5-3-8(4-6-9)11-13-10(7-17-11)12(14)16-2/h3-6,10H,7H2,1-2H3. The van der Waals surface area contributed by atoms with E-state index in [1.165, 1.54) is 7.11 Å². The van der Waals surface area contributed by atoms with Gasteiger partial charge in [-0.15, -0.1) is 11.8 Å². The number of aliphatic imine (C=N–C) groups is 1. The first-order valence-electron chi connectivity index (χ1n) is 5.17. The molecule has 0 bridgehead atoms. The van der Waals surface area contributed by atoms with Crippen LogP contribution in [0.15, 0.2) is 29.3 Å². The van der Waals surface area contributed by atoms with Crippen molar-refractivity contribution < 1.29 is 14.3 Å². The van der Waals surface area contributed by atoms with Crippen LogP contribution in [0, 0.1) is 0 Å². The van der Waals surface area contributed by atoms with Crippen molar-refractivity contribution in [1.29, 1.82) is 0 Å². The zero-order chi connectivity index (χ0) is 12.3. The van der Waals surface area contributed by atoms with Crippen LogP contribution in [0.5, 0.6) is 5.75 Å². The fourth-order valence-corrected chi connectivity index (χ4v) is 2.55. The maximum atomic E-state index is 11.3. The third-order valence-corrected chi connectivity index (χ3v) is 3.56. The molecule has 5 heteroatoms. The second kappa shape index (κ2) is 5.23. The summed E-state index contributed by atoms with van der Waals surface area (Å²) in [7, 11) is 3.01. The minimum absolute atomic E-state index is 0.277. The molecule has 0 fully saturated rings. The zero-order valence-electron chi connectivity index (χ0n) is 9.67. The van der Waals surface area contributed by atoms with Gasteiger partial charge in [-0.3, -0.25) is 4.99 Å².